The van der Waals surface area contributed by atoms with E-state index in [0.29, 0.717) is 0 Å². The summed E-state index contributed by atoms with van der Waals surface area (Å²) in [5.74, 6) is -1.77. The van der Waals surface area contributed by atoms with Crippen molar-refractivity contribution in [2.24, 2.45) is 5.41 Å². The molecular formula is C14H15FN2O2. The van der Waals surface area contributed by atoms with Crippen LogP contribution in [0.5, 0.6) is 0 Å². The van der Waals surface area contributed by atoms with E-state index >= 15 is 0 Å². The molecule has 0 radical (unpaired) electrons. The highest BCUT2D eigenvalue weighted by Crippen LogP contribution is 2.26. The quantitative estimate of drug-likeness (QED) is 0.488. The number of hydrogen-bond acceptors (Lipinski definition) is 3. The summed E-state index contributed by atoms with van der Waals surface area (Å²) in [6, 6.07) is 7.24. The predicted octanol–water partition coefficient (Wildman–Crippen LogP) is 3.15. The van der Waals surface area contributed by atoms with Crippen LogP contribution in [0.2, 0.25) is 0 Å². The predicted molar refractivity (Wildman–Crippen MR) is 69.8 cm³/mol. The molecule has 5 heteroatoms. The van der Waals surface area contributed by atoms with Crippen molar-refractivity contribution >= 4 is 11.6 Å². The van der Waals surface area contributed by atoms with Gasteiger partial charge in [-0.2, -0.15) is 5.26 Å². The van der Waals surface area contributed by atoms with Gasteiger partial charge in [-0.15, -0.1) is 0 Å². The first-order valence-electron chi connectivity index (χ1n) is 5.67. The van der Waals surface area contributed by atoms with Crippen LogP contribution >= 0.6 is 0 Å². The largest absolute Gasteiger partial charge is 0.510 e. The number of allylic oxidation sites excluding steroid dienone is 1. The zero-order valence-corrected chi connectivity index (χ0v) is 11.0. The van der Waals surface area contributed by atoms with Gasteiger partial charge < -0.3 is 10.4 Å². The SMILES string of the molecule is CC(C)(C)/C(O)=C(\C#N)C(=O)Nc1ccccc1F. The zero-order chi connectivity index (χ0) is 14.6. The second-order valence-electron chi connectivity index (χ2n) is 5.02. The van der Waals surface area contributed by atoms with Crippen LogP contribution in [0, 0.1) is 22.6 Å². The van der Waals surface area contributed by atoms with Gasteiger partial charge in [0.2, 0.25) is 0 Å². The molecule has 1 aromatic carbocycles. The number of benzene rings is 1. The number of aliphatic hydroxyl groups excluding tert-OH is 1. The number of nitrogens with zero attached hydrogens (tertiary/aromatic N) is 1. The summed E-state index contributed by atoms with van der Waals surface area (Å²) in [6.45, 7) is 4.99. The average molecular weight is 262 g/mol. The molecule has 0 aliphatic heterocycles. The topological polar surface area (TPSA) is 73.1 Å². The van der Waals surface area contributed by atoms with Crippen LogP contribution in [0.4, 0.5) is 10.1 Å². The van der Waals surface area contributed by atoms with Gasteiger partial charge in [-0.3, -0.25) is 4.79 Å². The maximum absolute atomic E-state index is 13.4. The van der Waals surface area contributed by atoms with Crippen molar-refractivity contribution < 1.29 is 14.3 Å². The molecule has 0 unspecified atom stereocenters. The second kappa shape index (κ2) is 5.53. The maximum atomic E-state index is 13.4. The van der Waals surface area contributed by atoms with E-state index in [2.05, 4.69) is 5.32 Å². The molecule has 0 aliphatic rings. The Balaban J connectivity index is 3.07. The van der Waals surface area contributed by atoms with Crippen LogP contribution in [-0.4, -0.2) is 11.0 Å². The average Bonchev–Trinajstić information content (AvgIpc) is 2.31. The third-order valence-electron chi connectivity index (χ3n) is 2.41. The van der Waals surface area contributed by atoms with Gasteiger partial charge in [0, 0.05) is 5.41 Å². The Morgan fingerprint density at radius 3 is 2.42 bits per heavy atom. The molecule has 0 saturated heterocycles. The van der Waals surface area contributed by atoms with Gasteiger partial charge >= 0.3 is 0 Å². The lowest BCUT2D eigenvalue weighted by Gasteiger charge is -2.18. The summed E-state index contributed by atoms with van der Waals surface area (Å²) in [5.41, 5.74) is -1.20. The van der Waals surface area contributed by atoms with Crippen molar-refractivity contribution in [3.63, 3.8) is 0 Å². The number of amides is 1. The fraction of sp³-hybridized carbons (Fsp3) is 0.286. The van der Waals surface area contributed by atoms with E-state index in [1.165, 1.54) is 18.2 Å². The van der Waals surface area contributed by atoms with Gasteiger partial charge in [-0.05, 0) is 12.1 Å². The van der Waals surface area contributed by atoms with E-state index in [4.69, 9.17) is 5.26 Å². The highest BCUT2D eigenvalue weighted by atomic mass is 19.1. The summed E-state index contributed by atoms with van der Waals surface area (Å²) in [5, 5.41) is 21.1. The van der Waals surface area contributed by atoms with Crippen molar-refractivity contribution in [2.75, 3.05) is 5.32 Å². The summed E-state index contributed by atoms with van der Waals surface area (Å²) < 4.78 is 13.4. The van der Waals surface area contributed by atoms with Crippen LogP contribution < -0.4 is 5.32 Å². The van der Waals surface area contributed by atoms with Gasteiger partial charge in [0.05, 0.1) is 5.69 Å². The van der Waals surface area contributed by atoms with Crippen LogP contribution in [-0.2, 0) is 4.79 Å². The molecule has 4 nitrogen and oxygen atoms in total. The molecule has 0 atom stereocenters. The molecule has 19 heavy (non-hydrogen) atoms. The van der Waals surface area contributed by atoms with Crippen LogP contribution in [0.3, 0.4) is 0 Å². The highest BCUT2D eigenvalue weighted by Gasteiger charge is 2.25. The Kier molecular flexibility index (Phi) is 4.28. The summed E-state index contributed by atoms with van der Waals surface area (Å²) >= 11 is 0. The number of halogens is 1. The summed E-state index contributed by atoms with van der Waals surface area (Å²) in [6.07, 6.45) is 0. The Morgan fingerprint density at radius 1 is 1.37 bits per heavy atom. The number of para-hydroxylation sites is 1. The van der Waals surface area contributed by atoms with Crippen LogP contribution in [0.1, 0.15) is 20.8 Å². The molecule has 0 fully saturated rings. The van der Waals surface area contributed by atoms with Crippen LogP contribution in [0.15, 0.2) is 35.6 Å². The maximum Gasteiger partial charge on any atom is 0.269 e. The summed E-state index contributed by atoms with van der Waals surface area (Å²) in [4.78, 5) is 11.9. The number of hydrogen-bond donors (Lipinski definition) is 2. The van der Waals surface area contributed by atoms with Gasteiger partial charge in [0.15, 0.2) is 5.57 Å². The molecule has 0 spiro atoms. The lowest BCUT2D eigenvalue weighted by molar-refractivity contribution is -0.112. The fourth-order valence-electron chi connectivity index (χ4n) is 1.33. The van der Waals surface area contributed by atoms with E-state index in [0.717, 1.165) is 0 Å². The Bertz CT molecular complexity index is 566. The zero-order valence-electron chi connectivity index (χ0n) is 11.0. The van der Waals surface area contributed by atoms with E-state index in [1.54, 1.807) is 32.9 Å². The Labute approximate surface area is 111 Å². The van der Waals surface area contributed by atoms with Gasteiger partial charge in [-0.1, -0.05) is 32.9 Å². The Morgan fingerprint density at radius 2 is 1.95 bits per heavy atom. The molecule has 100 valence electrons. The first-order valence-corrected chi connectivity index (χ1v) is 5.67. The first-order chi connectivity index (χ1) is 8.77. The number of aliphatic hydroxyl groups is 1. The number of rotatable bonds is 2. The lowest BCUT2D eigenvalue weighted by Crippen LogP contribution is -2.21. The number of anilines is 1. The van der Waals surface area contributed by atoms with Crippen LogP contribution in [0.25, 0.3) is 0 Å². The number of carbonyl (C=O) groups excluding carboxylic acids is 1. The van der Waals surface area contributed by atoms with Crippen molar-refractivity contribution in [1.29, 1.82) is 5.26 Å². The molecule has 1 aromatic rings. The van der Waals surface area contributed by atoms with Crippen molar-refractivity contribution in [3.05, 3.63) is 41.4 Å². The third kappa shape index (κ3) is 3.55. The van der Waals surface area contributed by atoms with Gasteiger partial charge in [-0.25, -0.2) is 4.39 Å². The molecule has 0 bridgehead atoms. The van der Waals surface area contributed by atoms with E-state index in [1.807, 2.05) is 0 Å². The molecule has 1 amide bonds. The third-order valence-corrected chi connectivity index (χ3v) is 2.41. The molecule has 0 saturated carbocycles. The minimum atomic E-state index is -0.833. The van der Waals surface area contributed by atoms with Crippen molar-refractivity contribution in [1.82, 2.24) is 0 Å². The normalized spacial score (nSPS) is 12.4. The first kappa shape index (κ1) is 14.7. The minimum Gasteiger partial charge on any atom is -0.510 e. The van der Waals surface area contributed by atoms with Gasteiger partial charge in [0.1, 0.15) is 17.6 Å². The second-order valence-corrected chi connectivity index (χ2v) is 5.02. The smallest absolute Gasteiger partial charge is 0.269 e. The lowest BCUT2D eigenvalue weighted by atomic mass is 9.90. The molecule has 2 N–H and O–H groups in total. The number of nitrogens with one attached hydrogen (secondary N) is 1. The molecular weight excluding hydrogens is 247 g/mol. The molecule has 0 aromatic heterocycles. The molecule has 0 heterocycles. The van der Waals surface area contributed by atoms with Crippen molar-refractivity contribution in [2.45, 2.75) is 20.8 Å². The highest BCUT2D eigenvalue weighted by molar-refractivity contribution is 6.07. The standard InChI is InChI=1S/C14H15FN2O2/c1-14(2,3)12(18)9(8-16)13(19)17-11-7-5-4-6-10(11)15/h4-7,18H,1-3H3,(H,17,19)/b12-9-. The summed E-state index contributed by atoms with van der Waals surface area (Å²) in [7, 11) is 0. The van der Waals surface area contributed by atoms with E-state index in [-0.39, 0.29) is 11.4 Å². The van der Waals surface area contributed by atoms with Crippen molar-refractivity contribution in [3.8, 4) is 6.07 Å². The Hall–Kier alpha value is -2.35. The minimum absolute atomic E-state index is 0.0399. The molecule has 0 aliphatic carbocycles. The number of carbonyl (C=O) groups is 1. The molecule has 1 rings (SSSR count). The van der Waals surface area contributed by atoms with E-state index in [9.17, 15) is 14.3 Å². The fourth-order valence-corrected chi connectivity index (χ4v) is 1.33. The monoisotopic (exact) mass is 262 g/mol. The number of nitriles is 1. The van der Waals surface area contributed by atoms with E-state index < -0.39 is 22.7 Å². The van der Waals surface area contributed by atoms with Gasteiger partial charge in [0.25, 0.3) is 5.91 Å².